The second-order valence-electron chi connectivity index (χ2n) is 6.18. The number of aromatic nitrogens is 3. The molecule has 0 radical (unpaired) electrons. The van der Waals surface area contributed by atoms with Crippen molar-refractivity contribution in [2.24, 2.45) is 20.0 Å². The van der Waals surface area contributed by atoms with E-state index < -0.39 is 11.2 Å². The molecule has 1 saturated heterocycles. The number of carbonyl (C=O) groups is 1. The molecule has 8 heteroatoms. The average Bonchev–Trinajstić information content (AvgIpc) is 3.11. The van der Waals surface area contributed by atoms with E-state index in [1.54, 1.807) is 6.07 Å². The van der Waals surface area contributed by atoms with Gasteiger partial charge in [0.05, 0.1) is 5.39 Å². The summed E-state index contributed by atoms with van der Waals surface area (Å²) in [4.78, 5) is 40.6. The maximum absolute atomic E-state index is 12.3. The summed E-state index contributed by atoms with van der Waals surface area (Å²) in [5.74, 6) is 0.301. The number of aryl methyl sites for hydroxylation is 1. The molecule has 0 spiro atoms. The Morgan fingerprint density at radius 1 is 1.33 bits per heavy atom. The van der Waals surface area contributed by atoms with Crippen molar-refractivity contribution in [1.82, 2.24) is 24.8 Å². The minimum Gasteiger partial charge on any atom is -0.351 e. The zero-order valence-corrected chi connectivity index (χ0v) is 13.8. The Morgan fingerprint density at radius 2 is 2.12 bits per heavy atom. The molecule has 0 aliphatic carbocycles. The van der Waals surface area contributed by atoms with Crippen LogP contribution >= 0.6 is 0 Å². The second kappa shape index (κ2) is 6.56. The highest BCUT2D eigenvalue weighted by atomic mass is 16.2. The first kappa shape index (κ1) is 16.4. The number of nitrogens with one attached hydrogen (secondary N) is 2. The Bertz CT molecular complexity index is 893. The van der Waals surface area contributed by atoms with Gasteiger partial charge in [-0.15, -0.1) is 0 Å². The number of pyridine rings is 1. The third-order valence-corrected chi connectivity index (χ3v) is 4.53. The van der Waals surface area contributed by atoms with Crippen molar-refractivity contribution in [2.75, 3.05) is 19.6 Å². The fourth-order valence-electron chi connectivity index (χ4n) is 3.02. The van der Waals surface area contributed by atoms with Crippen LogP contribution in [0.15, 0.2) is 21.7 Å². The zero-order chi connectivity index (χ0) is 17.3. The van der Waals surface area contributed by atoms with Crippen LogP contribution in [0.1, 0.15) is 23.3 Å². The van der Waals surface area contributed by atoms with E-state index in [0.717, 1.165) is 30.5 Å². The molecule has 1 atom stereocenters. The molecule has 3 heterocycles. The number of nitrogens with zero attached hydrogens (tertiary/aromatic N) is 3. The van der Waals surface area contributed by atoms with Crippen LogP contribution in [0.3, 0.4) is 0 Å². The molecule has 1 unspecified atom stereocenters. The molecule has 0 aromatic carbocycles. The van der Waals surface area contributed by atoms with Crippen molar-refractivity contribution in [3.8, 4) is 0 Å². The number of hydrogen-bond acceptors (Lipinski definition) is 5. The van der Waals surface area contributed by atoms with Gasteiger partial charge in [0, 0.05) is 20.6 Å². The van der Waals surface area contributed by atoms with Gasteiger partial charge in [-0.3, -0.25) is 18.7 Å². The predicted octanol–water partition coefficient (Wildman–Crippen LogP) is -0.638. The Labute approximate surface area is 138 Å². The molecule has 0 saturated carbocycles. The fraction of sp³-hybridized carbons (Fsp3) is 0.500. The van der Waals surface area contributed by atoms with Gasteiger partial charge in [0.1, 0.15) is 11.3 Å². The summed E-state index contributed by atoms with van der Waals surface area (Å²) in [7, 11) is 2.95. The van der Waals surface area contributed by atoms with Gasteiger partial charge in [-0.05, 0) is 44.0 Å². The van der Waals surface area contributed by atoms with E-state index in [1.807, 2.05) is 0 Å². The van der Waals surface area contributed by atoms with E-state index in [2.05, 4.69) is 15.6 Å². The summed E-state index contributed by atoms with van der Waals surface area (Å²) in [5.41, 5.74) is -0.460. The molecule has 1 aliphatic heterocycles. The summed E-state index contributed by atoms with van der Waals surface area (Å²) >= 11 is 0. The SMILES string of the molecule is Cn1c(=O)c2ccc(C(=O)NCCC3CCNC3)nc2n(C)c1=O. The molecule has 2 N–H and O–H groups in total. The Balaban J connectivity index is 1.81. The lowest BCUT2D eigenvalue weighted by Gasteiger charge is -2.10. The van der Waals surface area contributed by atoms with Crippen molar-refractivity contribution in [3.63, 3.8) is 0 Å². The number of fused-ring (bicyclic) bond motifs is 1. The van der Waals surface area contributed by atoms with Crippen LogP contribution in [0.25, 0.3) is 11.0 Å². The van der Waals surface area contributed by atoms with Gasteiger partial charge < -0.3 is 10.6 Å². The van der Waals surface area contributed by atoms with Gasteiger partial charge in [0.15, 0.2) is 0 Å². The maximum atomic E-state index is 12.3. The Morgan fingerprint density at radius 3 is 2.83 bits per heavy atom. The van der Waals surface area contributed by atoms with E-state index in [1.165, 1.54) is 24.7 Å². The number of amides is 1. The van der Waals surface area contributed by atoms with Crippen molar-refractivity contribution in [1.29, 1.82) is 0 Å². The summed E-state index contributed by atoms with van der Waals surface area (Å²) in [6, 6.07) is 3.06. The molecular formula is C16H21N5O3. The first-order valence-electron chi connectivity index (χ1n) is 8.04. The smallest absolute Gasteiger partial charge is 0.332 e. The van der Waals surface area contributed by atoms with Crippen LogP contribution in [0.4, 0.5) is 0 Å². The van der Waals surface area contributed by atoms with Crippen molar-refractivity contribution in [2.45, 2.75) is 12.8 Å². The lowest BCUT2D eigenvalue weighted by Crippen LogP contribution is -2.37. The first-order chi connectivity index (χ1) is 11.5. The zero-order valence-electron chi connectivity index (χ0n) is 13.8. The minimum atomic E-state index is -0.466. The molecule has 1 fully saturated rings. The van der Waals surface area contributed by atoms with E-state index in [0.29, 0.717) is 17.8 Å². The predicted molar refractivity (Wildman–Crippen MR) is 90.2 cm³/mol. The molecule has 0 bridgehead atoms. The Kier molecular flexibility index (Phi) is 4.48. The second-order valence-corrected chi connectivity index (χ2v) is 6.18. The summed E-state index contributed by atoms with van der Waals surface area (Å²) in [5, 5.41) is 6.46. The van der Waals surface area contributed by atoms with Crippen LogP contribution < -0.4 is 21.9 Å². The van der Waals surface area contributed by atoms with Crippen LogP contribution in [0.2, 0.25) is 0 Å². The molecule has 2 aromatic heterocycles. The largest absolute Gasteiger partial charge is 0.351 e. The molecule has 24 heavy (non-hydrogen) atoms. The highest BCUT2D eigenvalue weighted by Crippen LogP contribution is 2.11. The molecule has 8 nitrogen and oxygen atoms in total. The number of hydrogen-bond donors (Lipinski definition) is 2. The van der Waals surface area contributed by atoms with E-state index in [-0.39, 0.29) is 17.2 Å². The summed E-state index contributed by atoms with van der Waals surface area (Å²) in [6.07, 6.45) is 2.06. The standard InChI is InChI=1S/C16H21N5O3/c1-20-13-11(15(23)21(2)16(20)24)3-4-12(19-13)14(22)18-8-6-10-5-7-17-9-10/h3-4,10,17H,5-9H2,1-2H3,(H,18,22). The highest BCUT2D eigenvalue weighted by molar-refractivity contribution is 5.94. The molecule has 128 valence electrons. The van der Waals surface area contributed by atoms with Gasteiger partial charge in [0.25, 0.3) is 11.5 Å². The lowest BCUT2D eigenvalue weighted by molar-refractivity contribution is 0.0947. The third-order valence-electron chi connectivity index (χ3n) is 4.53. The molecule has 3 rings (SSSR count). The van der Waals surface area contributed by atoms with Gasteiger partial charge >= 0.3 is 5.69 Å². The van der Waals surface area contributed by atoms with E-state index in [4.69, 9.17) is 0 Å². The van der Waals surface area contributed by atoms with Crippen LogP contribution in [0.5, 0.6) is 0 Å². The van der Waals surface area contributed by atoms with Crippen molar-refractivity contribution in [3.05, 3.63) is 38.7 Å². The van der Waals surface area contributed by atoms with Gasteiger partial charge in [0.2, 0.25) is 0 Å². The number of carbonyl (C=O) groups excluding carboxylic acids is 1. The quantitative estimate of drug-likeness (QED) is 0.777. The molecular weight excluding hydrogens is 310 g/mol. The lowest BCUT2D eigenvalue weighted by atomic mass is 10.1. The third kappa shape index (κ3) is 2.96. The minimum absolute atomic E-state index is 0.204. The Hall–Kier alpha value is -2.48. The van der Waals surface area contributed by atoms with Crippen LogP contribution in [-0.2, 0) is 14.1 Å². The topological polar surface area (TPSA) is 98.0 Å². The van der Waals surface area contributed by atoms with Gasteiger partial charge in [-0.1, -0.05) is 0 Å². The fourth-order valence-corrected chi connectivity index (χ4v) is 3.02. The van der Waals surface area contributed by atoms with Gasteiger partial charge in [-0.2, -0.15) is 0 Å². The molecule has 1 amide bonds. The molecule has 2 aromatic rings. The van der Waals surface area contributed by atoms with E-state index >= 15 is 0 Å². The van der Waals surface area contributed by atoms with Crippen LogP contribution in [-0.4, -0.2) is 39.7 Å². The van der Waals surface area contributed by atoms with Gasteiger partial charge in [-0.25, -0.2) is 9.78 Å². The molecule has 1 aliphatic rings. The summed E-state index contributed by atoms with van der Waals surface area (Å²) < 4.78 is 2.30. The number of rotatable bonds is 4. The summed E-state index contributed by atoms with van der Waals surface area (Å²) in [6.45, 7) is 2.61. The monoisotopic (exact) mass is 331 g/mol. The van der Waals surface area contributed by atoms with E-state index in [9.17, 15) is 14.4 Å². The average molecular weight is 331 g/mol. The first-order valence-corrected chi connectivity index (χ1v) is 8.04. The van der Waals surface area contributed by atoms with Crippen molar-refractivity contribution >= 4 is 16.9 Å². The highest BCUT2D eigenvalue weighted by Gasteiger charge is 2.16. The normalized spacial score (nSPS) is 17.3. The van der Waals surface area contributed by atoms with Crippen molar-refractivity contribution < 1.29 is 4.79 Å². The van der Waals surface area contributed by atoms with Crippen LogP contribution in [0, 0.1) is 5.92 Å². The maximum Gasteiger partial charge on any atom is 0.332 e.